The van der Waals surface area contributed by atoms with Crippen LogP contribution in [0.25, 0.3) is 11.5 Å². The Morgan fingerprint density at radius 3 is 2.74 bits per heavy atom. The van der Waals surface area contributed by atoms with E-state index in [9.17, 15) is 4.79 Å². The van der Waals surface area contributed by atoms with Gasteiger partial charge in [0.2, 0.25) is 11.7 Å². The number of benzene rings is 1. The van der Waals surface area contributed by atoms with E-state index < -0.39 is 0 Å². The third kappa shape index (κ3) is 3.48. The number of amides is 1. The van der Waals surface area contributed by atoms with Crippen LogP contribution in [-0.4, -0.2) is 27.2 Å². The van der Waals surface area contributed by atoms with Crippen molar-refractivity contribution in [1.29, 1.82) is 0 Å². The first kappa shape index (κ1) is 15.0. The third-order valence-corrected chi connectivity index (χ3v) is 3.41. The topological polar surface area (TPSA) is 73.0 Å². The van der Waals surface area contributed by atoms with Gasteiger partial charge in [0.25, 0.3) is 5.91 Å². The van der Waals surface area contributed by atoms with Gasteiger partial charge in [0.05, 0.1) is 18.4 Å². The lowest BCUT2D eigenvalue weighted by atomic mass is 10.2. The summed E-state index contributed by atoms with van der Waals surface area (Å²) in [5, 5.41) is 7.01. The van der Waals surface area contributed by atoms with Crippen molar-refractivity contribution in [3.8, 4) is 11.5 Å². The SMILES string of the molecule is Cc1cnn(CCNC(=O)c2oc(-c3ccccc3)nc2C)c1. The minimum absolute atomic E-state index is 0.250. The minimum atomic E-state index is -0.263. The van der Waals surface area contributed by atoms with Crippen molar-refractivity contribution >= 4 is 5.91 Å². The van der Waals surface area contributed by atoms with E-state index >= 15 is 0 Å². The fourth-order valence-electron chi connectivity index (χ4n) is 2.26. The van der Waals surface area contributed by atoms with Crippen LogP contribution in [0.5, 0.6) is 0 Å². The highest BCUT2D eigenvalue weighted by Gasteiger charge is 2.17. The average molecular weight is 310 g/mol. The standard InChI is InChI=1S/C17H18N4O2/c1-12-10-19-21(11-12)9-8-18-16(22)15-13(2)20-17(23-15)14-6-4-3-5-7-14/h3-7,10-11H,8-9H2,1-2H3,(H,18,22). The van der Waals surface area contributed by atoms with Crippen molar-refractivity contribution in [3.05, 3.63) is 59.7 Å². The summed E-state index contributed by atoms with van der Waals surface area (Å²) in [6.45, 7) is 4.83. The van der Waals surface area contributed by atoms with E-state index in [-0.39, 0.29) is 11.7 Å². The maximum Gasteiger partial charge on any atom is 0.289 e. The number of carbonyl (C=O) groups is 1. The predicted molar refractivity (Wildman–Crippen MR) is 86.0 cm³/mol. The lowest BCUT2D eigenvalue weighted by Crippen LogP contribution is -2.27. The van der Waals surface area contributed by atoms with Gasteiger partial charge in [-0.25, -0.2) is 4.98 Å². The molecule has 1 amide bonds. The molecular weight excluding hydrogens is 292 g/mol. The van der Waals surface area contributed by atoms with Crippen molar-refractivity contribution in [2.45, 2.75) is 20.4 Å². The van der Waals surface area contributed by atoms with Crippen LogP contribution in [0, 0.1) is 13.8 Å². The van der Waals surface area contributed by atoms with Gasteiger partial charge in [0.15, 0.2) is 0 Å². The quantitative estimate of drug-likeness (QED) is 0.786. The van der Waals surface area contributed by atoms with Crippen LogP contribution in [0.15, 0.2) is 47.1 Å². The van der Waals surface area contributed by atoms with Crippen LogP contribution in [0.3, 0.4) is 0 Å². The molecule has 0 atom stereocenters. The lowest BCUT2D eigenvalue weighted by Gasteiger charge is -2.03. The molecule has 0 saturated heterocycles. The van der Waals surface area contributed by atoms with E-state index in [1.54, 1.807) is 17.8 Å². The number of aryl methyl sites for hydroxylation is 2. The highest BCUT2D eigenvalue weighted by atomic mass is 16.4. The summed E-state index contributed by atoms with van der Waals surface area (Å²) in [5.41, 5.74) is 2.52. The Labute approximate surface area is 134 Å². The normalized spacial score (nSPS) is 10.7. The van der Waals surface area contributed by atoms with Crippen LogP contribution in [0.4, 0.5) is 0 Å². The highest BCUT2D eigenvalue weighted by molar-refractivity contribution is 5.92. The zero-order valence-electron chi connectivity index (χ0n) is 13.1. The second-order valence-electron chi connectivity index (χ2n) is 5.34. The fraction of sp³-hybridized carbons (Fsp3) is 0.235. The molecule has 6 heteroatoms. The monoisotopic (exact) mass is 310 g/mol. The van der Waals surface area contributed by atoms with Crippen LogP contribution in [0.1, 0.15) is 21.8 Å². The summed E-state index contributed by atoms with van der Waals surface area (Å²) < 4.78 is 7.41. The summed E-state index contributed by atoms with van der Waals surface area (Å²) in [4.78, 5) is 16.6. The van der Waals surface area contributed by atoms with E-state index in [1.165, 1.54) is 0 Å². The predicted octanol–water partition coefficient (Wildman–Crippen LogP) is 2.58. The van der Waals surface area contributed by atoms with Gasteiger partial charge < -0.3 is 9.73 Å². The summed E-state index contributed by atoms with van der Waals surface area (Å²) >= 11 is 0. The first-order chi connectivity index (χ1) is 11.1. The number of rotatable bonds is 5. The molecule has 1 N–H and O–H groups in total. The van der Waals surface area contributed by atoms with Gasteiger partial charge in [-0.1, -0.05) is 18.2 Å². The molecule has 2 heterocycles. The Morgan fingerprint density at radius 2 is 2.04 bits per heavy atom. The van der Waals surface area contributed by atoms with Crippen LogP contribution in [-0.2, 0) is 6.54 Å². The summed E-state index contributed by atoms with van der Waals surface area (Å²) in [6.07, 6.45) is 3.72. The Morgan fingerprint density at radius 1 is 1.26 bits per heavy atom. The average Bonchev–Trinajstić information content (AvgIpc) is 3.14. The molecule has 3 rings (SSSR count). The second kappa shape index (κ2) is 6.48. The molecule has 3 aromatic rings. The molecule has 6 nitrogen and oxygen atoms in total. The van der Waals surface area contributed by atoms with E-state index in [2.05, 4.69) is 15.4 Å². The molecule has 118 valence electrons. The molecule has 0 bridgehead atoms. The Balaban J connectivity index is 1.64. The highest BCUT2D eigenvalue weighted by Crippen LogP contribution is 2.21. The van der Waals surface area contributed by atoms with Gasteiger partial charge in [-0.05, 0) is 31.5 Å². The van der Waals surface area contributed by atoms with Crippen molar-refractivity contribution in [2.24, 2.45) is 0 Å². The van der Waals surface area contributed by atoms with Crippen LogP contribution < -0.4 is 5.32 Å². The van der Waals surface area contributed by atoms with Gasteiger partial charge in [-0.3, -0.25) is 9.48 Å². The number of hydrogen-bond donors (Lipinski definition) is 1. The number of nitrogens with zero attached hydrogens (tertiary/aromatic N) is 3. The minimum Gasteiger partial charge on any atom is -0.431 e. The number of oxazole rings is 1. The molecule has 23 heavy (non-hydrogen) atoms. The smallest absolute Gasteiger partial charge is 0.289 e. The number of hydrogen-bond acceptors (Lipinski definition) is 4. The second-order valence-corrected chi connectivity index (χ2v) is 5.34. The van der Waals surface area contributed by atoms with Crippen molar-refractivity contribution in [3.63, 3.8) is 0 Å². The molecule has 0 spiro atoms. The molecule has 0 aliphatic heterocycles. The molecular formula is C17H18N4O2. The first-order valence-electron chi connectivity index (χ1n) is 7.43. The van der Waals surface area contributed by atoms with E-state index in [4.69, 9.17) is 4.42 Å². The maximum absolute atomic E-state index is 12.2. The molecule has 0 fully saturated rings. The molecule has 0 aliphatic rings. The van der Waals surface area contributed by atoms with E-state index in [0.717, 1.165) is 11.1 Å². The van der Waals surface area contributed by atoms with Crippen molar-refractivity contribution in [1.82, 2.24) is 20.1 Å². The zero-order valence-corrected chi connectivity index (χ0v) is 13.1. The van der Waals surface area contributed by atoms with Gasteiger partial charge in [0.1, 0.15) is 0 Å². The van der Waals surface area contributed by atoms with Crippen molar-refractivity contribution < 1.29 is 9.21 Å². The van der Waals surface area contributed by atoms with Crippen LogP contribution >= 0.6 is 0 Å². The zero-order chi connectivity index (χ0) is 16.2. The molecule has 1 aromatic carbocycles. The Bertz CT molecular complexity index is 805. The molecule has 0 radical (unpaired) electrons. The van der Waals surface area contributed by atoms with Gasteiger partial charge >= 0.3 is 0 Å². The van der Waals surface area contributed by atoms with Gasteiger partial charge in [-0.15, -0.1) is 0 Å². The van der Waals surface area contributed by atoms with E-state index in [0.29, 0.717) is 24.7 Å². The molecule has 2 aromatic heterocycles. The third-order valence-electron chi connectivity index (χ3n) is 3.41. The van der Waals surface area contributed by atoms with Crippen LogP contribution in [0.2, 0.25) is 0 Å². The maximum atomic E-state index is 12.2. The van der Waals surface area contributed by atoms with Gasteiger partial charge in [0, 0.05) is 18.3 Å². The summed E-state index contributed by atoms with van der Waals surface area (Å²) in [7, 11) is 0. The first-order valence-corrected chi connectivity index (χ1v) is 7.43. The van der Waals surface area contributed by atoms with Crippen molar-refractivity contribution in [2.75, 3.05) is 6.54 Å². The number of aromatic nitrogens is 3. The largest absolute Gasteiger partial charge is 0.431 e. The Kier molecular flexibility index (Phi) is 4.23. The molecule has 0 saturated carbocycles. The summed E-state index contributed by atoms with van der Waals surface area (Å²) in [5.74, 6) is 0.442. The lowest BCUT2D eigenvalue weighted by molar-refractivity contribution is 0.0924. The summed E-state index contributed by atoms with van der Waals surface area (Å²) in [6, 6.07) is 9.52. The number of carbonyl (C=O) groups excluding carboxylic acids is 1. The number of nitrogens with one attached hydrogen (secondary N) is 1. The van der Waals surface area contributed by atoms with E-state index in [1.807, 2.05) is 43.5 Å². The molecule has 0 unspecified atom stereocenters. The fourth-order valence-corrected chi connectivity index (χ4v) is 2.26. The van der Waals surface area contributed by atoms with Gasteiger partial charge in [-0.2, -0.15) is 5.10 Å². The molecule has 0 aliphatic carbocycles. The Hall–Kier alpha value is -2.89.